The van der Waals surface area contributed by atoms with Crippen molar-refractivity contribution >= 4 is 25.5 Å². The molecule has 6 nitrogen and oxygen atoms in total. The van der Waals surface area contributed by atoms with Crippen LogP contribution in [0.4, 0.5) is 0 Å². The largest absolute Gasteiger partial charge is 0.469 e. The van der Waals surface area contributed by atoms with E-state index in [4.69, 9.17) is 9.79 Å². The average Bonchev–Trinajstić information content (AvgIpc) is 2.51. The maximum atomic E-state index is 12.0. The van der Waals surface area contributed by atoms with E-state index in [2.05, 4.69) is 16.8 Å². The van der Waals surface area contributed by atoms with Crippen molar-refractivity contribution in [2.75, 3.05) is 18.1 Å². The van der Waals surface area contributed by atoms with Gasteiger partial charge in [-0.1, -0.05) is 50.1 Å². The van der Waals surface area contributed by atoms with Crippen LogP contribution in [0.1, 0.15) is 37.8 Å². The van der Waals surface area contributed by atoms with E-state index in [1.54, 1.807) is 36.0 Å². The molecular weight excluding hydrogens is 337 g/mol. The van der Waals surface area contributed by atoms with Gasteiger partial charge in [-0.15, -0.1) is 0 Å². The summed E-state index contributed by atoms with van der Waals surface area (Å²) in [5.41, 5.74) is 0.741. The molecule has 0 aliphatic carbocycles. The lowest BCUT2D eigenvalue weighted by atomic mass is 10.1. The number of unbranched alkanes of at least 4 members (excludes halogenated alkanes) is 2. The molecule has 1 aromatic rings. The van der Waals surface area contributed by atoms with Gasteiger partial charge in [-0.2, -0.15) is 11.8 Å². The highest BCUT2D eigenvalue weighted by Crippen LogP contribution is 2.37. The number of amides is 1. The van der Waals surface area contributed by atoms with Gasteiger partial charge >= 0.3 is 7.82 Å². The Labute approximate surface area is 141 Å². The fraction of sp³-hybridized carbons (Fsp3) is 0.533. The summed E-state index contributed by atoms with van der Waals surface area (Å²) in [4.78, 5) is 29.7. The van der Waals surface area contributed by atoms with Crippen molar-refractivity contribution in [1.29, 1.82) is 0 Å². The Balaban J connectivity index is 2.52. The van der Waals surface area contributed by atoms with E-state index < -0.39 is 13.9 Å². The van der Waals surface area contributed by atoms with Crippen molar-refractivity contribution in [2.24, 2.45) is 0 Å². The third-order valence-corrected chi connectivity index (χ3v) is 4.60. The fourth-order valence-corrected chi connectivity index (χ4v) is 3.10. The van der Waals surface area contributed by atoms with Crippen LogP contribution < -0.4 is 5.32 Å². The number of rotatable bonds is 11. The molecule has 3 N–H and O–H groups in total. The molecule has 0 heterocycles. The molecule has 0 aliphatic heterocycles. The first-order chi connectivity index (χ1) is 10.9. The monoisotopic (exact) mass is 361 g/mol. The lowest BCUT2D eigenvalue weighted by Crippen LogP contribution is -2.32. The van der Waals surface area contributed by atoms with Gasteiger partial charge in [0.1, 0.15) is 0 Å². The summed E-state index contributed by atoms with van der Waals surface area (Å²) in [5.74, 6) is 1.08. The van der Waals surface area contributed by atoms with Crippen LogP contribution in [0.5, 0.6) is 0 Å². The minimum absolute atomic E-state index is 0.172. The molecule has 1 atom stereocenters. The van der Waals surface area contributed by atoms with Crippen molar-refractivity contribution in [3.63, 3.8) is 0 Å². The number of phosphoric ester groups is 1. The standard InChI is InChI=1S/C15H24NO5PS/c1-2-3-7-10-23-12-15(17)16-14(11-21-22(18,19)20)13-8-5-4-6-9-13/h4-6,8-9,14H,2-3,7,10-12H2,1H3,(H,16,17)(H2,18,19,20)/t14-/m0/s1. The second-order valence-electron chi connectivity index (χ2n) is 5.08. The molecule has 1 rings (SSSR count). The molecule has 8 heteroatoms. The first-order valence-corrected chi connectivity index (χ1v) is 10.2. The Morgan fingerprint density at radius 3 is 2.61 bits per heavy atom. The summed E-state index contributed by atoms with van der Waals surface area (Å²) >= 11 is 1.56. The maximum Gasteiger partial charge on any atom is 0.469 e. The summed E-state index contributed by atoms with van der Waals surface area (Å²) in [7, 11) is -4.57. The first-order valence-electron chi connectivity index (χ1n) is 7.54. The van der Waals surface area contributed by atoms with E-state index in [0.29, 0.717) is 5.75 Å². The average molecular weight is 361 g/mol. The summed E-state index contributed by atoms with van der Waals surface area (Å²) in [6.07, 6.45) is 3.37. The van der Waals surface area contributed by atoms with Gasteiger partial charge in [-0.05, 0) is 17.7 Å². The molecule has 130 valence electrons. The zero-order valence-corrected chi connectivity index (χ0v) is 14.9. The predicted molar refractivity (Wildman–Crippen MR) is 92.2 cm³/mol. The molecule has 23 heavy (non-hydrogen) atoms. The maximum absolute atomic E-state index is 12.0. The molecule has 1 amide bonds. The number of thioether (sulfide) groups is 1. The number of carbonyl (C=O) groups is 1. The molecule has 0 spiro atoms. The zero-order chi connectivity index (χ0) is 17.1. The third-order valence-electron chi connectivity index (χ3n) is 3.07. The van der Waals surface area contributed by atoms with Crippen molar-refractivity contribution in [2.45, 2.75) is 32.2 Å². The number of hydrogen-bond acceptors (Lipinski definition) is 4. The Morgan fingerprint density at radius 1 is 1.30 bits per heavy atom. The van der Waals surface area contributed by atoms with Crippen LogP contribution >= 0.6 is 19.6 Å². The topological polar surface area (TPSA) is 95.9 Å². The van der Waals surface area contributed by atoms with E-state index in [1.807, 2.05) is 6.07 Å². The number of hydrogen-bond donors (Lipinski definition) is 3. The first kappa shape index (κ1) is 20.2. The summed E-state index contributed by atoms with van der Waals surface area (Å²) in [5, 5.41) is 2.77. The van der Waals surface area contributed by atoms with Crippen LogP contribution in [0, 0.1) is 0 Å². The van der Waals surface area contributed by atoms with E-state index in [0.717, 1.165) is 30.6 Å². The van der Waals surface area contributed by atoms with E-state index in [9.17, 15) is 9.36 Å². The highest BCUT2D eigenvalue weighted by atomic mass is 32.2. The molecule has 0 radical (unpaired) electrons. The number of phosphoric acid groups is 1. The summed E-state index contributed by atoms with van der Waals surface area (Å²) in [6.45, 7) is 1.85. The molecule has 0 saturated heterocycles. The van der Waals surface area contributed by atoms with Crippen molar-refractivity contribution in [3.8, 4) is 0 Å². The van der Waals surface area contributed by atoms with Crippen LogP contribution in [-0.4, -0.2) is 33.8 Å². The Kier molecular flexibility index (Phi) is 9.52. The van der Waals surface area contributed by atoms with Gasteiger partial charge < -0.3 is 15.1 Å². The zero-order valence-electron chi connectivity index (χ0n) is 13.2. The highest BCUT2D eigenvalue weighted by molar-refractivity contribution is 7.99. The van der Waals surface area contributed by atoms with Crippen LogP contribution in [0.3, 0.4) is 0 Å². The summed E-state index contributed by atoms with van der Waals surface area (Å²) in [6, 6.07) is 8.39. The van der Waals surface area contributed by atoms with E-state index >= 15 is 0 Å². The van der Waals surface area contributed by atoms with Crippen molar-refractivity contribution in [1.82, 2.24) is 5.32 Å². The lowest BCUT2D eigenvalue weighted by Gasteiger charge is -2.19. The van der Waals surface area contributed by atoms with Crippen LogP contribution in [0.25, 0.3) is 0 Å². The van der Waals surface area contributed by atoms with Crippen molar-refractivity contribution < 1.29 is 23.7 Å². The predicted octanol–water partition coefficient (Wildman–Crippen LogP) is 2.88. The molecule has 0 unspecified atom stereocenters. The lowest BCUT2D eigenvalue weighted by molar-refractivity contribution is -0.119. The quantitative estimate of drug-likeness (QED) is 0.414. The number of nitrogens with one attached hydrogen (secondary N) is 1. The normalized spacial score (nSPS) is 12.8. The molecule has 0 fully saturated rings. The summed E-state index contributed by atoms with van der Waals surface area (Å²) < 4.78 is 15.4. The number of carbonyl (C=O) groups excluding carboxylic acids is 1. The third kappa shape index (κ3) is 9.79. The molecule has 0 saturated carbocycles. The van der Waals surface area contributed by atoms with Gasteiger partial charge in [0.2, 0.25) is 5.91 Å². The highest BCUT2D eigenvalue weighted by Gasteiger charge is 2.21. The molecular formula is C15H24NO5PS. The number of benzene rings is 1. The second kappa shape index (κ2) is 10.8. The van der Waals surface area contributed by atoms with E-state index in [1.165, 1.54) is 0 Å². The Bertz CT molecular complexity index is 508. The van der Waals surface area contributed by atoms with Crippen LogP contribution in [0.2, 0.25) is 0 Å². The van der Waals surface area contributed by atoms with Gasteiger partial charge in [0, 0.05) is 0 Å². The van der Waals surface area contributed by atoms with Crippen LogP contribution in [-0.2, 0) is 13.9 Å². The van der Waals surface area contributed by atoms with Crippen LogP contribution in [0.15, 0.2) is 30.3 Å². The molecule has 0 bridgehead atoms. The van der Waals surface area contributed by atoms with E-state index in [-0.39, 0.29) is 12.5 Å². The van der Waals surface area contributed by atoms with Gasteiger partial charge in [0.05, 0.1) is 18.4 Å². The smallest absolute Gasteiger partial charge is 0.346 e. The minimum atomic E-state index is -4.57. The van der Waals surface area contributed by atoms with Crippen molar-refractivity contribution in [3.05, 3.63) is 35.9 Å². The second-order valence-corrected chi connectivity index (χ2v) is 7.42. The molecule has 0 aliphatic rings. The fourth-order valence-electron chi connectivity index (χ4n) is 1.93. The Hall–Kier alpha value is -0.850. The minimum Gasteiger partial charge on any atom is -0.346 e. The van der Waals surface area contributed by atoms with Gasteiger partial charge in [0.15, 0.2) is 0 Å². The Morgan fingerprint density at radius 2 is 2.00 bits per heavy atom. The SMILES string of the molecule is CCCCCSCC(=O)N[C@@H](COP(=O)(O)O)c1ccccc1. The van der Waals surface area contributed by atoms with Gasteiger partial charge in [-0.3, -0.25) is 9.32 Å². The molecule has 1 aromatic carbocycles. The molecule has 0 aromatic heterocycles. The van der Waals surface area contributed by atoms with Gasteiger partial charge in [-0.25, -0.2) is 4.57 Å². The van der Waals surface area contributed by atoms with Gasteiger partial charge in [0.25, 0.3) is 0 Å².